The van der Waals surface area contributed by atoms with Crippen LogP contribution in [0.2, 0.25) is 0 Å². The minimum Gasteiger partial charge on any atom is -0.507 e. The minimum atomic E-state index is -1.13. The van der Waals surface area contributed by atoms with E-state index in [9.17, 15) is 24.8 Å². The number of hydrogen-bond acceptors (Lipinski definition) is 8. The number of carbonyl (C=O) groups is 2. The van der Waals surface area contributed by atoms with E-state index in [1.54, 1.807) is 48.5 Å². The van der Waals surface area contributed by atoms with E-state index in [0.717, 1.165) is 30.2 Å². The summed E-state index contributed by atoms with van der Waals surface area (Å²) >= 11 is 0. The van der Waals surface area contributed by atoms with E-state index in [1.165, 1.54) is 17.2 Å². The molecule has 10 heteroatoms. The number of ether oxygens (including phenoxy) is 1. The van der Waals surface area contributed by atoms with Crippen LogP contribution in [0.4, 0.5) is 17.1 Å². The lowest BCUT2D eigenvalue weighted by molar-refractivity contribution is -0.385. The average Bonchev–Trinajstić information content (AvgIpc) is 3.43. The number of rotatable bonds is 9. The molecule has 0 aliphatic carbocycles. The fourth-order valence-electron chi connectivity index (χ4n) is 4.91. The number of carbonyl (C=O) groups excluding carboxylic acids is 2. The van der Waals surface area contributed by atoms with Crippen molar-refractivity contribution in [3.05, 3.63) is 88.5 Å². The number of benzene rings is 3. The molecule has 1 N–H and O–H groups in total. The monoisotopic (exact) mass is 517 g/mol. The standard InChI is InChI=1S/C28H27N3O7/c1-2-3-7-16-37-21-13-10-18(11-14-21)29-27(33)24-25(22-15-12-20(31(35)36)17-23(22)32)30(38-26(24)28(29)34)19-8-5-4-6-9-19/h4-6,8-15,17,24-26,32H,2-3,7,16H2,1H3/t24-,25-,26-/m1/s1. The number of phenolic OH excluding ortho intramolecular Hbond substituents is 1. The van der Waals surface area contributed by atoms with Gasteiger partial charge in [0.25, 0.3) is 11.6 Å². The molecular formula is C28H27N3O7. The van der Waals surface area contributed by atoms with Crippen LogP contribution in [0.1, 0.15) is 37.8 Å². The molecule has 2 fully saturated rings. The minimum absolute atomic E-state index is 0.241. The second-order valence-electron chi connectivity index (χ2n) is 9.22. The third-order valence-corrected chi connectivity index (χ3v) is 6.78. The van der Waals surface area contributed by atoms with E-state index in [0.29, 0.717) is 23.7 Å². The third kappa shape index (κ3) is 4.54. The zero-order chi connectivity index (χ0) is 26.8. The van der Waals surface area contributed by atoms with Gasteiger partial charge < -0.3 is 9.84 Å². The van der Waals surface area contributed by atoms with Crippen LogP contribution in [0.25, 0.3) is 0 Å². The summed E-state index contributed by atoms with van der Waals surface area (Å²) in [6.45, 7) is 2.70. The fourth-order valence-corrected chi connectivity index (χ4v) is 4.91. The SMILES string of the molecule is CCCCCOc1ccc(N2C(=O)[C@@H]3[C@@H](c4ccc([N+](=O)[O-])cc4O)N(c4ccccc4)O[C@H]3C2=O)cc1. The molecule has 10 nitrogen and oxygen atoms in total. The fraction of sp³-hybridized carbons (Fsp3) is 0.286. The zero-order valence-corrected chi connectivity index (χ0v) is 20.7. The average molecular weight is 518 g/mol. The molecule has 0 saturated carbocycles. The van der Waals surface area contributed by atoms with Crippen molar-refractivity contribution in [1.82, 2.24) is 0 Å². The normalized spacial score (nSPS) is 20.6. The highest BCUT2D eigenvalue weighted by atomic mass is 16.7. The van der Waals surface area contributed by atoms with Gasteiger partial charge in [0.1, 0.15) is 17.4 Å². The van der Waals surface area contributed by atoms with Gasteiger partial charge in [0.15, 0.2) is 6.10 Å². The highest BCUT2D eigenvalue weighted by molar-refractivity contribution is 6.24. The molecule has 2 aliphatic heterocycles. The molecule has 5 rings (SSSR count). The molecule has 3 aromatic rings. The highest BCUT2D eigenvalue weighted by Gasteiger charge is 2.60. The maximum atomic E-state index is 13.8. The molecule has 2 saturated heterocycles. The Morgan fingerprint density at radius 1 is 0.974 bits per heavy atom. The van der Waals surface area contributed by atoms with Crippen molar-refractivity contribution >= 4 is 28.9 Å². The number of phenols is 1. The molecule has 0 bridgehead atoms. The molecule has 0 aromatic heterocycles. The predicted octanol–water partition coefficient (Wildman–Crippen LogP) is 4.92. The van der Waals surface area contributed by atoms with Gasteiger partial charge >= 0.3 is 0 Å². The largest absolute Gasteiger partial charge is 0.507 e. The summed E-state index contributed by atoms with van der Waals surface area (Å²) < 4.78 is 5.74. The van der Waals surface area contributed by atoms with E-state index in [-0.39, 0.29) is 17.0 Å². The van der Waals surface area contributed by atoms with Crippen molar-refractivity contribution in [3.63, 3.8) is 0 Å². The van der Waals surface area contributed by atoms with Crippen LogP contribution in [0, 0.1) is 16.0 Å². The molecule has 0 radical (unpaired) electrons. The summed E-state index contributed by atoms with van der Waals surface area (Å²) in [5.74, 6) is -1.72. The van der Waals surface area contributed by atoms with Gasteiger partial charge in [-0.1, -0.05) is 38.0 Å². The molecule has 38 heavy (non-hydrogen) atoms. The van der Waals surface area contributed by atoms with Crippen molar-refractivity contribution in [2.75, 3.05) is 16.6 Å². The van der Waals surface area contributed by atoms with E-state index in [1.807, 2.05) is 6.07 Å². The summed E-state index contributed by atoms with van der Waals surface area (Å²) in [6.07, 6.45) is 1.97. The number of nitrogens with zero attached hydrogens (tertiary/aromatic N) is 3. The van der Waals surface area contributed by atoms with Crippen LogP contribution >= 0.6 is 0 Å². The number of fused-ring (bicyclic) bond motifs is 1. The topological polar surface area (TPSA) is 122 Å². The number of para-hydroxylation sites is 1. The van der Waals surface area contributed by atoms with Crippen LogP contribution in [0.5, 0.6) is 11.5 Å². The van der Waals surface area contributed by atoms with E-state index in [2.05, 4.69) is 6.92 Å². The molecule has 0 spiro atoms. The number of anilines is 2. The molecular weight excluding hydrogens is 490 g/mol. The number of unbranched alkanes of at least 4 members (excludes halogenated alkanes) is 2. The summed E-state index contributed by atoms with van der Waals surface area (Å²) in [6, 6.07) is 18.4. The predicted molar refractivity (Wildman–Crippen MR) is 139 cm³/mol. The molecule has 3 aromatic carbocycles. The van der Waals surface area contributed by atoms with Crippen LogP contribution in [-0.2, 0) is 14.4 Å². The molecule has 2 amide bonds. The van der Waals surface area contributed by atoms with Gasteiger partial charge in [-0.2, -0.15) is 0 Å². The molecule has 0 unspecified atom stereocenters. The third-order valence-electron chi connectivity index (χ3n) is 6.78. The van der Waals surface area contributed by atoms with Crippen LogP contribution in [0.3, 0.4) is 0 Å². The Morgan fingerprint density at radius 2 is 1.71 bits per heavy atom. The van der Waals surface area contributed by atoms with Crippen molar-refractivity contribution in [3.8, 4) is 11.5 Å². The van der Waals surface area contributed by atoms with Crippen molar-refractivity contribution in [1.29, 1.82) is 0 Å². The quantitative estimate of drug-likeness (QED) is 0.184. The lowest BCUT2D eigenvalue weighted by atomic mass is 9.90. The number of aromatic hydroxyl groups is 1. The number of imide groups is 1. The van der Waals surface area contributed by atoms with Crippen LogP contribution in [0.15, 0.2) is 72.8 Å². The Morgan fingerprint density at radius 3 is 2.37 bits per heavy atom. The van der Waals surface area contributed by atoms with Gasteiger partial charge in [-0.15, -0.1) is 0 Å². The maximum Gasteiger partial charge on any atom is 0.273 e. The molecule has 3 atom stereocenters. The summed E-state index contributed by atoms with van der Waals surface area (Å²) in [4.78, 5) is 45.0. The first-order valence-electron chi connectivity index (χ1n) is 12.5. The number of nitro groups is 1. The van der Waals surface area contributed by atoms with Crippen LogP contribution < -0.4 is 14.7 Å². The Labute approximate surface area is 219 Å². The number of hydroxylamine groups is 1. The molecule has 2 heterocycles. The van der Waals surface area contributed by atoms with Crippen LogP contribution in [-0.4, -0.2) is 34.6 Å². The number of nitro benzene ring substituents is 1. The number of amides is 2. The second kappa shape index (κ2) is 10.5. The summed E-state index contributed by atoms with van der Waals surface area (Å²) in [5.41, 5.74) is 0.907. The zero-order valence-electron chi connectivity index (χ0n) is 20.7. The van der Waals surface area contributed by atoms with Gasteiger partial charge in [-0.3, -0.25) is 24.5 Å². The highest BCUT2D eigenvalue weighted by Crippen LogP contribution is 2.49. The van der Waals surface area contributed by atoms with Gasteiger partial charge in [-0.05, 0) is 48.9 Å². The van der Waals surface area contributed by atoms with Crippen molar-refractivity contribution < 1.29 is 29.2 Å². The summed E-state index contributed by atoms with van der Waals surface area (Å²) in [5, 5.41) is 23.4. The maximum absolute atomic E-state index is 13.8. The first-order valence-corrected chi connectivity index (χ1v) is 12.5. The molecule has 2 aliphatic rings. The van der Waals surface area contributed by atoms with Gasteiger partial charge in [0.05, 0.1) is 35.0 Å². The Kier molecular flexibility index (Phi) is 6.97. The summed E-state index contributed by atoms with van der Waals surface area (Å²) in [7, 11) is 0. The van der Waals surface area contributed by atoms with Gasteiger partial charge in [0, 0.05) is 11.6 Å². The molecule has 196 valence electrons. The smallest absolute Gasteiger partial charge is 0.273 e. The first-order chi connectivity index (χ1) is 18.4. The van der Waals surface area contributed by atoms with Crippen molar-refractivity contribution in [2.24, 2.45) is 5.92 Å². The van der Waals surface area contributed by atoms with Crippen molar-refractivity contribution in [2.45, 2.75) is 38.3 Å². The number of hydrogen-bond donors (Lipinski definition) is 1. The number of non-ortho nitro benzene ring substituents is 1. The first kappa shape index (κ1) is 25.2. The Balaban J connectivity index is 1.46. The van der Waals surface area contributed by atoms with Gasteiger partial charge in [-0.25, -0.2) is 9.96 Å². The lowest BCUT2D eigenvalue weighted by Gasteiger charge is -2.29. The second-order valence-corrected chi connectivity index (χ2v) is 9.22. The van der Waals surface area contributed by atoms with Gasteiger partial charge in [0.2, 0.25) is 5.91 Å². The Hall–Kier alpha value is -4.44. The van der Waals surface area contributed by atoms with E-state index in [4.69, 9.17) is 9.57 Å². The Bertz CT molecular complexity index is 1350. The van der Waals surface area contributed by atoms with E-state index < -0.39 is 34.8 Å². The van der Waals surface area contributed by atoms with E-state index >= 15 is 0 Å². The lowest BCUT2D eigenvalue weighted by Crippen LogP contribution is -2.37.